The number of nitrogens with zero attached hydrogens (tertiary/aromatic N) is 3. The van der Waals surface area contributed by atoms with Crippen LogP contribution in [0, 0.1) is 20.8 Å². The molecule has 1 N–H and O–H groups in total. The smallest absolute Gasteiger partial charge is 0.337 e. The molecule has 7 heteroatoms. The van der Waals surface area contributed by atoms with Gasteiger partial charge in [0.1, 0.15) is 11.2 Å². The maximum Gasteiger partial charge on any atom is 0.337 e. The zero-order valence-corrected chi connectivity index (χ0v) is 19.5. The highest BCUT2D eigenvalue weighted by atomic mass is 16.5. The maximum atomic E-state index is 13.4. The highest BCUT2D eigenvalue weighted by Crippen LogP contribution is 2.22. The van der Waals surface area contributed by atoms with Gasteiger partial charge in [0.15, 0.2) is 0 Å². The number of hydrogen-bond acceptors (Lipinski definition) is 4. The van der Waals surface area contributed by atoms with Gasteiger partial charge in [-0.05, 0) is 51.0 Å². The third kappa shape index (κ3) is 4.39. The Bertz CT molecular complexity index is 1330. The summed E-state index contributed by atoms with van der Waals surface area (Å²) in [5.74, 6) is -0.573. The van der Waals surface area contributed by atoms with Gasteiger partial charge in [-0.3, -0.25) is 4.79 Å². The molecule has 4 rings (SSSR count). The maximum absolute atomic E-state index is 13.4. The number of hydrogen-bond donors (Lipinski definition) is 1. The van der Waals surface area contributed by atoms with Gasteiger partial charge < -0.3 is 14.6 Å². The van der Waals surface area contributed by atoms with Crippen molar-refractivity contribution in [1.29, 1.82) is 0 Å². The summed E-state index contributed by atoms with van der Waals surface area (Å²) in [5.41, 5.74) is 6.70. The lowest BCUT2D eigenvalue weighted by Crippen LogP contribution is -2.27. The average molecular weight is 445 g/mol. The molecule has 7 nitrogen and oxygen atoms in total. The molecule has 170 valence electrons. The quantitative estimate of drug-likeness (QED) is 0.448. The molecule has 0 aliphatic carbocycles. The van der Waals surface area contributed by atoms with Crippen LogP contribution in [0.1, 0.15) is 61.8 Å². The number of amides is 1. The molecular formula is C26H28N4O3. The van der Waals surface area contributed by atoms with Crippen molar-refractivity contribution < 1.29 is 14.3 Å². The number of esters is 1. The van der Waals surface area contributed by atoms with Crippen molar-refractivity contribution in [3.05, 3.63) is 93.9 Å². The summed E-state index contributed by atoms with van der Waals surface area (Å²) in [6.45, 7) is 8.47. The number of benzene rings is 2. The number of imidazole rings is 1. The number of rotatable bonds is 6. The summed E-state index contributed by atoms with van der Waals surface area (Å²) in [6.07, 6.45) is 2.02. The Morgan fingerprint density at radius 1 is 1.09 bits per heavy atom. The summed E-state index contributed by atoms with van der Waals surface area (Å²) >= 11 is 0. The van der Waals surface area contributed by atoms with Gasteiger partial charge in [0.25, 0.3) is 5.91 Å². The van der Waals surface area contributed by atoms with Gasteiger partial charge in [-0.25, -0.2) is 9.31 Å². The number of aromatic nitrogens is 3. The van der Waals surface area contributed by atoms with E-state index in [1.54, 1.807) is 12.1 Å². The second-order valence-electron chi connectivity index (χ2n) is 8.39. The largest absolute Gasteiger partial charge is 0.465 e. The van der Waals surface area contributed by atoms with Crippen LogP contribution in [-0.2, 0) is 11.3 Å². The van der Waals surface area contributed by atoms with Crippen LogP contribution in [0.5, 0.6) is 0 Å². The van der Waals surface area contributed by atoms with E-state index in [2.05, 4.69) is 40.1 Å². The fourth-order valence-corrected chi connectivity index (χ4v) is 4.14. The lowest BCUT2D eigenvalue weighted by atomic mass is 10.1. The molecule has 0 radical (unpaired) electrons. The van der Waals surface area contributed by atoms with Gasteiger partial charge in [-0.15, -0.1) is 0 Å². The monoisotopic (exact) mass is 444 g/mol. The molecule has 0 aliphatic heterocycles. The van der Waals surface area contributed by atoms with E-state index in [0.717, 1.165) is 22.5 Å². The molecule has 0 fully saturated rings. The van der Waals surface area contributed by atoms with Crippen LogP contribution in [0.4, 0.5) is 0 Å². The van der Waals surface area contributed by atoms with E-state index in [1.165, 1.54) is 12.7 Å². The molecular weight excluding hydrogens is 416 g/mol. The summed E-state index contributed by atoms with van der Waals surface area (Å²) in [4.78, 5) is 25.0. The molecule has 0 bridgehead atoms. The minimum absolute atomic E-state index is 0.185. The second kappa shape index (κ2) is 8.94. The second-order valence-corrected chi connectivity index (χ2v) is 8.39. The number of carbonyl (C=O) groups is 2. The molecule has 1 atom stereocenters. The van der Waals surface area contributed by atoms with E-state index < -0.39 is 0 Å². The lowest BCUT2D eigenvalue weighted by molar-refractivity contribution is 0.0600. The first-order valence-electron chi connectivity index (χ1n) is 10.9. The first-order valence-corrected chi connectivity index (χ1v) is 10.9. The van der Waals surface area contributed by atoms with Gasteiger partial charge >= 0.3 is 5.97 Å². The molecule has 2 aromatic carbocycles. The summed E-state index contributed by atoms with van der Waals surface area (Å²) in [5, 5.41) is 7.70. The Morgan fingerprint density at radius 2 is 1.82 bits per heavy atom. The van der Waals surface area contributed by atoms with Crippen molar-refractivity contribution in [3.63, 3.8) is 0 Å². The van der Waals surface area contributed by atoms with E-state index in [9.17, 15) is 9.59 Å². The number of fused-ring (bicyclic) bond motifs is 1. The van der Waals surface area contributed by atoms with E-state index in [4.69, 9.17) is 4.74 Å². The van der Waals surface area contributed by atoms with Gasteiger partial charge in [0, 0.05) is 12.7 Å². The van der Waals surface area contributed by atoms with Crippen LogP contribution in [-0.4, -0.2) is 33.2 Å². The Labute approximate surface area is 193 Å². The number of nitrogens with one attached hydrogen (secondary N) is 1. The average Bonchev–Trinajstić information content (AvgIpc) is 3.29. The first kappa shape index (κ1) is 22.3. The predicted octanol–water partition coefficient (Wildman–Crippen LogP) is 4.39. The minimum atomic E-state index is -0.388. The third-order valence-corrected chi connectivity index (χ3v) is 5.83. The van der Waals surface area contributed by atoms with Crippen LogP contribution in [0.25, 0.3) is 5.65 Å². The highest BCUT2D eigenvalue weighted by Gasteiger charge is 2.23. The number of carbonyl (C=O) groups excluding carboxylic acids is 2. The minimum Gasteiger partial charge on any atom is -0.465 e. The summed E-state index contributed by atoms with van der Waals surface area (Å²) in [7, 11) is 1.35. The normalized spacial score (nSPS) is 12.0. The molecule has 4 aromatic rings. The first-order chi connectivity index (χ1) is 15.8. The van der Waals surface area contributed by atoms with Crippen LogP contribution in [0.15, 0.2) is 54.7 Å². The van der Waals surface area contributed by atoms with Crippen molar-refractivity contribution in [2.75, 3.05) is 7.11 Å². The standard InChI is InChI=1S/C26H28N4O3/c1-16-7-6-8-20(13-16)15-29-14-17(2)30-25(29)23(19(4)28-30)24(31)27-18(3)21-9-11-22(12-10-21)26(32)33-5/h6-14,18H,15H2,1-5H3,(H,27,31)/t18-/m0/s1. The molecule has 0 saturated heterocycles. The molecule has 1 amide bonds. The Balaban J connectivity index is 1.62. The molecule has 0 aliphatic rings. The van der Waals surface area contributed by atoms with Crippen molar-refractivity contribution in [2.45, 2.75) is 40.3 Å². The predicted molar refractivity (Wildman–Crippen MR) is 127 cm³/mol. The fourth-order valence-electron chi connectivity index (χ4n) is 4.14. The number of aryl methyl sites for hydroxylation is 3. The van der Waals surface area contributed by atoms with Crippen molar-refractivity contribution >= 4 is 17.5 Å². The molecule has 33 heavy (non-hydrogen) atoms. The molecule has 2 heterocycles. The fraction of sp³-hybridized carbons (Fsp3) is 0.269. The van der Waals surface area contributed by atoms with Gasteiger partial charge in [-0.2, -0.15) is 5.10 Å². The zero-order chi connectivity index (χ0) is 23.7. The highest BCUT2D eigenvalue weighted by molar-refractivity contribution is 6.01. The van der Waals surface area contributed by atoms with Crippen molar-refractivity contribution in [1.82, 2.24) is 19.5 Å². The summed E-state index contributed by atoms with van der Waals surface area (Å²) < 4.78 is 8.65. The molecule has 0 spiro atoms. The van der Waals surface area contributed by atoms with E-state index >= 15 is 0 Å². The zero-order valence-electron chi connectivity index (χ0n) is 19.5. The van der Waals surface area contributed by atoms with Crippen LogP contribution in [0.2, 0.25) is 0 Å². The van der Waals surface area contributed by atoms with Gasteiger partial charge in [-0.1, -0.05) is 42.0 Å². The van der Waals surface area contributed by atoms with Crippen molar-refractivity contribution in [2.24, 2.45) is 0 Å². The molecule has 0 saturated carbocycles. The Kier molecular flexibility index (Phi) is 6.05. The number of methoxy groups -OCH3 is 1. The van der Waals surface area contributed by atoms with Gasteiger partial charge in [0.2, 0.25) is 0 Å². The van der Waals surface area contributed by atoms with Crippen LogP contribution >= 0.6 is 0 Å². The SMILES string of the molecule is COC(=O)c1ccc([C@H](C)NC(=O)c2c(C)nn3c(C)cn(Cc4cccc(C)c4)c23)cc1. The van der Waals surface area contributed by atoms with E-state index in [0.29, 0.717) is 23.4 Å². The van der Waals surface area contributed by atoms with Crippen molar-refractivity contribution in [3.8, 4) is 0 Å². The van der Waals surface area contributed by atoms with Gasteiger partial charge in [0.05, 0.1) is 30.1 Å². The third-order valence-electron chi connectivity index (χ3n) is 5.83. The lowest BCUT2D eigenvalue weighted by Gasteiger charge is -2.15. The topological polar surface area (TPSA) is 77.6 Å². The summed E-state index contributed by atoms with van der Waals surface area (Å²) in [6, 6.07) is 15.1. The van der Waals surface area contributed by atoms with Crippen LogP contribution < -0.4 is 5.32 Å². The van der Waals surface area contributed by atoms with E-state index in [1.807, 2.05) is 49.7 Å². The van der Waals surface area contributed by atoms with Crippen LogP contribution in [0.3, 0.4) is 0 Å². The Morgan fingerprint density at radius 3 is 2.48 bits per heavy atom. The molecule has 2 aromatic heterocycles. The number of ether oxygens (including phenoxy) is 1. The Hall–Kier alpha value is -3.87. The van der Waals surface area contributed by atoms with E-state index in [-0.39, 0.29) is 17.9 Å². The molecule has 0 unspecified atom stereocenters.